The van der Waals surface area contributed by atoms with Gasteiger partial charge < -0.3 is 14.7 Å². The Kier molecular flexibility index (Phi) is 5.22. The molecule has 1 N–H and O–H groups in total. The predicted molar refractivity (Wildman–Crippen MR) is 73.7 cm³/mol. The molecule has 2 rings (SSSR count). The van der Waals surface area contributed by atoms with Gasteiger partial charge in [-0.3, -0.25) is 4.79 Å². The van der Waals surface area contributed by atoms with Crippen LogP contribution in [0.1, 0.15) is 46.0 Å². The number of hydrogen-bond donors (Lipinski definition) is 1. The second-order valence-electron chi connectivity index (χ2n) is 6.08. The number of amides is 1. The van der Waals surface area contributed by atoms with Crippen LogP contribution in [0.2, 0.25) is 0 Å². The van der Waals surface area contributed by atoms with Crippen molar-refractivity contribution in [3.63, 3.8) is 0 Å². The molecule has 2 saturated heterocycles. The molecule has 0 radical (unpaired) electrons. The minimum atomic E-state index is -0.305. The van der Waals surface area contributed by atoms with E-state index in [0.717, 1.165) is 51.8 Å². The summed E-state index contributed by atoms with van der Waals surface area (Å²) in [5.41, 5.74) is 0. The molecule has 19 heavy (non-hydrogen) atoms. The average Bonchev–Trinajstić information content (AvgIpc) is 2.88. The molecule has 0 bridgehead atoms. The second-order valence-corrected chi connectivity index (χ2v) is 6.08. The van der Waals surface area contributed by atoms with E-state index in [2.05, 4.69) is 6.92 Å². The van der Waals surface area contributed by atoms with Crippen molar-refractivity contribution in [1.29, 1.82) is 0 Å². The Hall–Kier alpha value is -0.610. The second kappa shape index (κ2) is 6.71. The summed E-state index contributed by atoms with van der Waals surface area (Å²) < 4.78 is 5.71. The third-order valence-corrected chi connectivity index (χ3v) is 4.55. The van der Waals surface area contributed by atoms with E-state index in [1.807, 2.05) is 11.8 Å². The van der Waals surface area contributed by atoms with Gasteiger partial charge in [-0.25, -0.2) is 0 Å². The summed E-state index contributed by atoms with van der Waals surface area (Å²) in [5.74, 6) is 0.681. The van der Waals surface area contributed by atoms with Gasteiger partial charge in [0.1, 0.15) is 0 Å². The molecule has 0 aliphatic carbocycles. The zero-order valence-electron chi connectivity index (χ0n) is 12.2. The highest BCUT2D eigenvalue weighted by molar-refractivity contribution is 5.79. The third-order valence-electron chi connectivity index (χ3n) is 4.55. The summed E-state index contributed by atoms with van der Waals surface area (Å²) in [6.45, 7) is 6.23. The molecular formula is C15H27NO3. The van der Waals surface area contributed by atoms with E-state index < -0.39 is 0 Å². The van der Waals surface area contributed by atoms with E-state index in [1.165, 1.54) is 0 Å². The fraction of sp³-hybridized carbons (Fsp3) is 0.933. The quantitative estimate of drug-likeness (QED) is 0.847. The Balaban J connectivity index is 1.86. The lowest BCUT2D eigenvalue weighted by Gasteiger charge is -2.31. The van der Waals surface area contributed by atoms with Crippen LogP contribution in [-0.2, 0) is 9.53 Å². The topological polar surface area (TPSA) is 49.8 Å². The molecule has 4 atom stereocenters. The third kappa shape index (κ3) is 3.69. The smallest absolute Gasteiger partial charge is 0.225 e. The molecule has 0 spiro atoms. The van der Waals surface area contributed by atoms with Gasteiger partial charge in [0.25, 0.3) is 0 Å². The highest BCUT2D eigenvalue weighted by Gasteiger charge is 2.35. The number of hydrogen-bond acceptors (Lipinski definition) is 3. The van der Waals surface area contributed by atoms with Crippen LogP contribution >= 0.6 is 0 Å². The van der Waals surface area contributed by atoms with Crippen molar-refractivity contribution in [2.45, 2.75) is 58.2 Å². The Morgan fingerprint density at radius 1 is 1.47 bits per heavy atom. The van der Waals surface area contributed by atoms with Crippen LogP contribution in [0.4, 0.5) is 0 Å². The fourth-order valence-corrected chi connectivity index (χ4v) is 3.27. The Bertz CT molecular complexity index is 304. The maximum atomic E-state index is 12.5. The number of carbonyl (C=O) groups excluding carboxylic acids is 1. The molecule has 2 aliphatic heterocycles. The van der Waals surface area contributed by atoms with Gasteiger partial charge in [-0.15, -0.1) is 0 Å². The van der Waals surface area contributed by atoms with Crippen molar-refractivity contribution in [1.82, 2.24) is 4.90 Å². The minimum absolute atomic E-state index is 0.137. The van der Waals surface area contributed by atoms with Crippen LogP contribution in [0.5, 0.6) is 0 Å². The predicted octanol–water partition coefficient (Wildman–Crippen LogP) is 1.81. The van der Waals surface area contributed by atoms with Crippen molar-refractivity contribution in [3.05, 3.63) is 0 Å². The van der Waals surface area contributed by atoms with E-state index in [0.29, 0.717) is 0 Å². The van der Waals surface area contributed by atoms with E-state index in [4.69, 9.17) is 4.74 Å². The molecule has 4 nitrogen and oxygen atoms in total. The van der Waals surface area contributed by atoms with Crippen LogP contribution in [0.15, 0.2) is 0 Å². The van der Waals surface area contributed by atoms with Gasteiger partial charge in [-0.2, -0.15) is 0 Å². The Labute approximate surface area is 116 Å². The van der Waals surface area contributed by atoms with Crippen LogP contribution < -0.4 is 0 Å². The van der Waals surface area contributed by atoms with Gasteiger partial charge in [0.2, 0.25) is 5.91 Å². The van der Waals surface area contributed by atoms with Gasteiger partial charge >= 0.3 is 0 Å². The molecule has 0 aromatic heterocycles. The number of likely N-dealkylation sites (tertiary alicyclic amines) is 1. The van der Waals surface area contributed by atoms with Gasteiger partial charge in [-0.1, -0.05) is 13.3 Å². The van der Waals surface area contributed by atoms with Crippen LogP contribution in [0.25, 0.3) is 0 Å². The summed E-state index contributed by atoms with van der Waals surface area (Å²) in [6.07, 6.45) is 4.80. The lowest BCUT2D eigenvalue weighted by Crippen LogP contribution is -2.39. The van der Waals surface area contributed by atoms with Crippen molar-refractivity contribution in [3.8, 4) is 0 Å². The molecule has 2 aliphatic rings. The summed E-state index contributed by atoms with van der Waals surface area (Å²) >= 11 is 0. The summed E-state index contributed by atoms with van der Waals surface area (Å²) in [7, 11) is 0. The minimum Gasteiger partial charge on any atom is -0.393 e. The van der Waals surface area contributed by atoms with E-state index in [-0.39, 0.29) is 30.0 Å². The van der Waals surface area contributed by atoms with Crippen molar-refractivity contribution in [2.24, 2.45) is 11.8 Å². The molecular weight excluding hydrogens is 242 g/mol. The number of aliphatic hydroxyl groups is 1. The monoisotopic (exact) mass is 269 g/mol. The van der Waals surface area contributed by atoms with Crippen molar-refractivity contribution >= 4 is 5.91 Å². The molecule has 2 heterocycles. The number of aliphatic hydroxyl groups excluding tert-OH is 1. The maximum Gasteiger partial charge on any atom is 0.225 e. The van der Waals surface area contributed by atoms with Gasteiger partial charge in [0.15, 0.2) is 0 Å². The Morgan fingerprint density at radius 2 is 2.26 bits per heavy atom. The van der Waals surface area contributed by atoms with Crippen LogP contribution in [0, 0.1) is 11.8 Å². The molecule has 110 valence electrons. The van der Waals surface area contributed by atoms with Crippen molar-refractivity contribution in [2.75, 3.05) is 19.7 Å². The molecule has 1 amide bonds. The van der Waals surface area contributed by atoms with Crippen LogP contribution in [-0.4, -0.2) is 47.8 Å². The van der Waals surface area contributed by atoms with Gasteiger partial charge in [-0.05, 0) is 32.6 Å². The number of carbonyl (C=O) groups is 1. The summed E-state index contributed by atoms with van der Waals surface area (Å²) in [4.78, 5) is 14.5. The first kappa shape index (κ1) is 14.8. The number of ether oxygens (including phenoxy) is 1. The summed E-state index contributed by atoms with van der Waals surface area (Å²) in [6, 6.07) is 0. The Morgan fingerprint density at radius 3 is 2.89 bits per heavy atom. The van der Waals surface area contributed by atoms with Crippen LogP contribution in [0.3, 0.4) is 0 Å². The maximum absolute atomic E-state index is 12.5. The van der Waals surface area contributed by atoms with Gasteiger partial charge in [0.05, 0.1) is 12.2 Å². The number of rotatable bonds is 4. The highest BCUT2D eigenvalue weighted by Crippen LogP contribution is 2.28. The SMILES string of the molecule is CCCC1CC(C(=O)N2CCC(C(C)O)C2)CCO1. The first-order valence-corrected chi connectivity index (χ1v) is 7.70. The molecule has 2 fully saturated rings. The van der Waals surface area contributed by atoms with E-state index in [9.17, 15) is 9.90 Å². The lowest BCUT2D eigenvalue weighted by atomic mass is 9.92. The zero-order chi connectivity index (χ0) is 13.8. The van der Waals surface area contributed by atoms with E-state index >= 15 is 0 Å². The normalized spacial score (nSPS) is 33.4. The van der Waals surface area contributed by atoms with Gasteiger partial charge in [0, 0.05) is 31.5 Å². The zero-order valence-corrected chi connectivity index (χ0v) is 12.2. The molecule has 0 aromatic rings. The lowest BCUT2D eigenvalue weighted by molar-refractivity contribution is -0.140. The largest absolute Gasteiger partial charge is 0.393 e. The molecule has 0 saturated carbocycles. The average molecular weight is 269 g/mol. The first-order valence-electron chi connectivity index (χ1n) is 7.70. The highest BCUT2D eigenvalue weighted by atomic mass is 16.5. The van der Waals surface area contributed by atoms with E-state index in [1.54, 1.807) is 0 Å². The van der Waals surface area contributed by atoms with Crippen molar-refractivity contribution < 1.29 is 14.6 Å². The first-order chi connectivity index (χ1) is 9.11. The standard InChI is InChI=1S/C15H27NO3/c1-3-4-14-9-12(6-8-19-14)15(18)16-7-5-13(10-16)11(2)17/h11-14,17H,3-10H2,1-2H3. The number of nitrogens with zero attached hydrogens (tertiary/aromatic N) is 1. The molecule has 4 unspecified atom stereocenters. The summed E-state index contributed by atoms with van der Waals surface area (Å²) in [5, 5.41) is 9.62. The molecule has 0 aromatic carbocycles. The molecule has 4 heteroatoms. The fourth-order valence-electron chi connectivity index (χ4n) is 3.27.